The molecule has 0 aliphatic heterocycles. The number of nitrogens with zero attached hydrogens (tertiary/aromatic N) is 3. The van der Waals surface area contributed by atoms with E-state index in [0.717, 1.165) is 103 Å². The zero-order chi connectivity index (χ0) is 66.7. The summed E-state index contributed by atoms with van der Waals surface area (Å²) in [7, 11) is 0. The van der Waals surface area contributed by atoms with Crippen molar-refractivity contribution in [2.45, 2.75) is 271 Å². The normalized spacial score (nSPS) is 11.1. The molecule has 0 heterocycles. The third kappa shape index (κ3) is 62.9. The van der Waals surface area contributed by atoms with E-state index in [9.17, 15) is 43.8 Å². The second-order valence-electron chi connectivity index (χ2n) is 23.8. The summed E-state index contributed by atoms with van der Waals surface area (Å²) in [6.45, 7) is 6.44. The van der Waals surface area contributed by atoms with Crippen LogP contribution in [0.3, 0.4) is 0 Å². The van der Waals surface area contributed by atoms with Gasteiger partial charge in [0.25, 0.3) is 0 Å². The minimum absolute atomic E-state index is 0.0743. The van der Waals surface area contributed by atoms with Crippen LogP contribution in [-0.2, 0) is 43.0 Å². The molecule has 518 valence electrons. The second-order valence-corrected chi connectivity index (χ2v) is 23.8. The van der Waals surface area contributed by atoms with Crippen molar-refractivity contribution in [2.24, 2.45) is 0 Å². The molecule has 0 spiro atoms. The summed E-state index contributed by atoms with van der Waals surface area (Å²) < 4.78 is 11.1. The molecule has 19 nitrogen and oxygen atoms in total. The van der Waals surface area contributed by atoms with Crippen LogP contribution in [0, 0.1) is 47.4 Å². The van der Waals surface area contributed by atoms with Crippen molar-refractivity contribution >= 4 is 41.5 Å². The third-order valence-corrected chi connectivity index (χ3v) is 15.5. The Hall–Kier alpha value is -5.67. The van der Waals surface area contributed by atoms with Crippen LogP contribution >= 0.6 is 0 Å². The fourth-order valence-electron chi connectivity index (χ4n) is 10.1. The number of aliphatic carboxylic acids is 3. The highest BCUT2D eigenvalue weighted by atomic mass is 16.5. The molecule has 1 unspecified atom stereocenters. The van der Waals surface area contributed by atoms with Crippen LogP contribution in [0.5, 0.6) is 0 Å². The van der Waals surface area contributed by atoms with Gasteiger partial charge < -0.3 is 46.1 Å². The number of carbonyl (C=O) groups is 7. The summed E-state index contributed by atoms with van der Waals surface area (Å²) in [5, 5.41) is 39.0. The number of hydrogen-bond acceptors (Lipinski definition) is 12. The van der Waals surface area contributed by atoms with Crippen molar-refractivity contribution in [3.8, 4) is 47.4 Å². The lowest BCUT2D eigenvalue weighted by molar-refractivity contribution is -0.140. The molecular weight excluding hydrogens is 1150 g/mol. The first-order valence-electron chi connectivity index (χ1n) is 35.3. The van der Waals surface area contributed by atoms with Crippen molar-refractivity contribution < 1.29 is 58.4 Å². The zero-order valence-corrected chi connectivity index (χ0v) is 56.9. The number of amides is 4. The van der Waals surface area contributed by atoms with Gasteiger partial charge in [-0.1, -0.05) is 211 Å². The monoisotopic (exact) mass is 1280 g/mol. The van der Waals surface area contributed by atoms with Crippen molar-refractivity contribution in [1.29, 1.82) is 0 Å². The van der Waals surface area contributed by atoms with Gasteiger partial charge in [-0.3, -0.25) is 48.3 Å². The number of hydrogen-bond donors (Lipinski definition) is 7. The lowest BCUT2D eigenvalue weighted by atomic mass is 10.1. The SMILES string of the molecule is CCCCCCCCCCCCC#CC#CCCCCCCCCC(=O)NCC(NC(=O)CCCCCCCCC#CC#CCCCCCCCCCCCC)C(=O)NCOCCOCCNC(=O)CN(CCN(CCN(CC)CC(=O)O)CC(=O)O)CC(=O)O. The maximum absolute atomic E-state index is 13.4. The Morgan fingerprint density at radius 3 is 1.16 bits per heavy atom. The van der Waals surface area contributed by atoms with Crippen molar-refractivity contribution in [3.63, 3.8) is 0 Å². The number of carboxylic acids is 3. The van der Waals surface area contributed by atoms with Gasteiger partial charge in [-0.2, -0.15) is 0 Å². The average Bonchev–Trinajstić information content (AvgIpc) is 3.73. The predicted octanol–water partition coefficient (Wildman–Crippen LogP) is 10.9. The molecule has 0 radical (unpaired) electrons. The van der Waals surface area contributed by atoms with Gasteiger partial charge in [0.1, 0.15) is 12.8 Å². The second kappa shape index (κ2) is 65.8. The fourth-order valence-corrected chi connectivity index (χ4v) is 10.1. The van der Waals surface area contributed by atoms with Gasteiger partial charge in [0.15, 0.2) is 0 Å². The van der Waals surface area contributed by atoms with Crippen LogP contribution in [0.25, 0.3) is 0 Å². The van der Waals surface area contributed by atoms with Crippen molar-refractivity contribution in [3.05, 3.63) is 0 Å². The standard InChI is InChI=1S/C72H123N7O12/c1-4-7-9-11-13-15-17-19-21-23-25-27-29-31-33-35-37-39-41-43-45-47-49-66(80)74-59-65(76-67(81)50-48-46-44-42-40-38-36-34-32-30-28-26-24-22-20-18-16-14-12-10-8-5-2)72(89)75-64-91-58-57-90-56-51-73-68(82)60-79(63-71(87)88)55-54-78(62-70(85)86)53-52-77(6-3)61-69(83)84/h65H,4-26,35-64H2,1-3H3,(H,73,82)(H,74,80)(H,75,89)(H,76,81)(H,83,84)(H,85,86)(H,87,88). The van der Waals surface area contributed by atoms with E-state index in [2.05, 4.69) is 82.5 Å². The first-order chi connectivity index (χ1) is 44.3. The number of nitrogens with one attached hydrogen (secondary N) is 4. The van der Waals surface area contributed by atoms with Gasteiger partial charge >= 0.3 is 17.9 Å². The molecule has 0 aliphatic carbocycles. The largest absolute Gasteiger partial charge is 0.480 e. The maximum Gasteiger partial charge on any atom is 0.317 e. The Morgan fingerprint density at radius 1 is 0.374 bits per heavy atom. The summed E-state index contributed by atoms with van der Waals surface area (Å²) >= 11 is 0. The molecule has 0 rings (SSSR count). The lowest BCUT2D eigenvalue weighted by Gasteiger charge is -2.27. The van der Waals surface area contributed by atoms with Gasteiger partial charge in [-0.05, 0) is 68.8 Å². The van der Waals surface area contributed by atoms with Crippen LogP contribution in [0.2, 0.25) is 0 Å². The summed E-state index contributed by atoms with van der Waals surface area (Å²) in [6.07, 6.45) is 41.9. The van der Waals surface area contributed by atoms with Gasteiger partial charge in [0, 0.05) is 77.8 Å². The summed E-state index contributed by atoms with van der Waals surface area (Å²) in [5.74, 6) is 20.1. The number of carbonyl (C=O) groups excluding carboxylic acids is 4. The topological polar surface area (TPSA) is 256 Å². The molecular formula is C72H123N7O12. The summed E-state index contributed by atoms with van der Waals surface area (Å²) in [4.78, 5) is 91.0. The smallest absolute Gasteiger partial charge is 0.317 e. The van der Waals surface area contributed by atoms with Crippen LogP contribution in [0.1, 0.15) is 265 Å². The average molecular weight is 1280 g/mol. The number of carboxylic acid groups (broad SMARTS) is 3. The maximum atomic E-state index is 13.4. The lowest BCUT2D eigenvalue weighted by Crippen LogP contribution is -2.53. The van der Waals surface area contributed by atoms with E-state index in [4.69, 9.17) is 14.6 Å². The van der Waals surface area contributed by atoms with Gasteiger partial charge in [-0.25, -0.2) is 0 Å². The number of unbranched alkanes of at least 4 members (excludes halogenated alkanes) is 32. The van der Waals surface area contributed by atoms with Gasteiger partial charge in [0.05, 0.1) is 46.0 Å². The Kier molecular flexibility index (Phi) is 61.7. The van der Waals surface area contributed by atoms with Gasteiger partial charge in [0.2, 0.25) is 23.6 Å². The van der Waals surface area contributed by atoms with E-state index in [1.807, 2.05) is 0 Å². The van der Waals surface area contributed by atoms with Crippen molar-refractivity contribution in [2.75, 3.05) is 98.5 Å². The van der Waals surface area contributed by atoms with E-state index < -0.39 is 42.3 Å². The minimum atomic E-state index is -1.16. The van der Waals surface area contributed by atoms with E-state index in [1.165, 1.54) is 120 Å². The summed E-state index contributed by atoms with van der Waals surface area (Å²) in [5.41, 5.74) is 0. The Bertz CT molecular complexity index is 2150. The molecule has 0 aromatic heterocycles. The van der Waals surface area contributed by atoms with E-state index in [-0.39, 0.29) is 97.1 Å². The number of ether oxygens (including phenoxy) is 2. The van der Waals surface area contributed by atoms with Crippen molar-refractivity contribution in [1.82, 2.24) is 36.0 Å². The highest BCUT2D eigenvalue weighted by Crippen LogP contribution is 2.14. The third-order valence-electron chi connectivity index (χ3n) is 15.5. The zero-order valence-electron chi connectivity index (χ0n) is 56.9. The van der Waals surface area contributed by atoms with E-state index >= 15 is 0 Å². The molecule has 0 aromatic carbocycles. The molecule has 7 N–H and O–H groups in total. The summed E-state index contributed by atoms with van der Waals surface area (Å²) in [6, 6.07) is -1.01. The Balaban J connectivity index is 4.85. The predicted molar refractivity (Wildman–Crippen MR) is 364 cm³/mol. The first-order valence-corrected chi connectivity index (χ1v) is 35.3. The Morgan fingerprint density at radius 2 is 0.736 bits per heavy atom. The fraction of sp³-hybridized carbons (Fsp3) is 0.792. The van der Waals surface area contributed by atoms with Gasteiger partial charge in [-0.15, -0.1) is 0 Å². The molecule has 19 heteroatoms. The van der Waals surface area contributed by atoms with Crippen LogP contribution in [0.4, 0.5) is 0 Å². The minimum Gasteiger partial charge on any atom is -0.480 e. The molecule has 4 amide bonds. The highest BCUT2D eigenvalue weighted by molar-refractivity contribution is 5.88. The first kappa shape index (κ1) is 85.3. The van der Waals surface area contributed by atoms with Crippen LogP contribution in [0.15, 0.2) is 0 Å². The molecule has 0 fully saturated rings. The quantitative estimate of drug-likeness (QED) is 0.0170. The van der Waals surface area contributed by atoms with Crippen LogP contribution in [-0.4, -0.2) is 176 Å². The number of likely N-dealkylation sites (N-methyl/N-ethyl adjacent to an activating group) is 1. The molecule has 0 saturated heterocycles. The molecule has 91 heavy (non-hydrogen) atoms. The molecule has 0 aliphatic rings. The molecule has 0 aromatic rings. The molecule has 1 atom stereocenters. The van der Waals surface area contributed by atoms with E-state index in [1.54, 1.807) is 16.7 Å². The molecule has 0 saturated carbocycles. The Labute approximate surface area is 550 Å². The highest BCUT2D eigenvalue weighted by Gasteiger charge is 2.22. The number of rotatable bonds is 63. The van der Waals surface area contributed by atoms with Crippen LogP contribution < -0.4 is 21.3 Å². The van der Waals surface area contributed by atoms with E-state index in [0.29, 0.717) is 32.4 Å². The molecule has 0 bridgehead atoms.